The van der Waals surface area contributed by atoms with Crippen LogP contribution in [0.3, 0.4) is 0 Å². The van der Waals surface area contributed by atoms with Crippen LogP contribution in [0, 0.1) is 5.82 Å². The van der Waals surface area contributed by atoms with Gasteiger partial charge in [0.25, 0.3) is 0 Å². The Labute approximate surface area is 187 Å². The number of likely N-dealkylation sites (tertiary alicyclic amines) is 1. The van der Waals surface area contributed by atoms with E-state index in [0.29, 0.717) is 36.4 Å². The van der Waals surface area contributed by atoms with Crippen molar-refractivity contribution in [3.05, 3.63) is 71.0 Å². The number of benzene rings is 2. The van der Waals surface area contributed by atoms with Gasteiger partial charge in [0.15, 0.2) is 0 Å². The summed E-state index contributed by atoms with van der Waals surface area (Å²) in [6.45, 7) is 6.66. The van der Waals surface area contributed by atoms with Crippen molar-refractivity contribution in [2.75, 3.05) is 13.1 Å². The Balaban J connectivity index is 1.67. The van der Waals surface area contributed by atoms with Crippen LogP contribution in [0.1, 0.15) is 61.5 Å². The molecular weight excluding hydrogens is 409 g/mol. The van der Waals surface area contributed by atoms with Gasteiger partial charge in [-0.3, -0.25) is 4.79 Å². The zero-order valence-corrected chi connectivity index (χ0v) is 18.7. The lowest BCUT2D eigenvalue weighted by Gasteiger charge is -2.36. The molecule has 1 fully saturated rings. The summed E-state index contributed by atoms with van der Waals surface area (Å²) in [5, 5.41) is 0. The molecule has 1 amide bonds. The van der Waals surface area contributed by atoms with Crippen LogP contribution in [0.2, 0.25) is 0 Å². The number of aldehydes is 1. The van der Waals surface area contributed by atoms with E-state index in [1.807, 2.05) is 32.9 Å². The van der Waals surface area contributed by atoms with E-state index in [-0.39, 0.29) is 11.9 Å². The maximum Gasteiger partial charge on any atom is 0.410 e. The Morgan fingerprint density at radius 2 is 1.88 bits per heavy atom. The van der Waals surface area contributed by atoms with Gasteiger partial charge in [-0.1, -0.05) is 24.3 Å². The average Bonchev–Trinajstić information content (AvgIpc) is 2.95. The number of amides is 1. The van der Waals surface area contributed by atoms with Gasteiger partial charge < -0.3 is 14.4 Å². The molecule has 6 heteroatoms. The van der Waals surface area contributed by atoms with E-state index in [4.69, 9.17) is 9.47 Å². The van der Waals surface area contributed by atoms with Crippen LogP contribution in [0.25, 0.3) is 5.57 Å². The normalized spacial score (nSPS) is 20.6. The number of ether oxygens (including phenoxy) is 2. The molecule has 1 saturated heterocycles. The SMILES string of the molecule is CC(C)(C)OC(=O)N1CCCC2(C=C(c3ccc(C=O)cc3)c3cc(F)ccc3O2)CC1. The lowest BCUT2D eigenvalue weighted by atomic mass is 9.84. The summed E-state index contributed by atoms with van der Waals surface area (Å²) in [5.74, 6) is 0.282. The minimum Gasteiger partial charge on any atom is -0.482 e. The van der Waals surface area contributed by atoms with E-state index in [0.717, 1.165) is 30.3 Å². The van der Waals surface area contributed by atoms with E-state index >= 15 is 0 Å². The molecule has 0 bridgehead atoms. The predicted octanol–water partition coefficient (Wildman–Crippen LogP) is 5.62. The van der Waals surface area contributed by atoms with Crippen molar-refractivity contribution in [1.29, 1.82) is 0 Å². The van der Waals surface area contributed by atoms with Crippen molar-refractivity contribution in [2.45, 2.75) is 51.2 Å². The highest BCUT2D eigenvalue weighted by Gasteiger charge is 2.39. The second-order valence-electron chi connectivity index (χ2n) is 9.43. The van der Waals surface area contributed by atoms with E-state index in [1.165, 1.54) is 12.1 Å². The molecule has 168 valence electrons. The molecule has 0 radical (unpaired) electrons. The van der Waals surface area contributed by atoms with Crippen molar-refractivity contribution < 1.29 is 23.5 Å². The van der Waals surface area contributed by atoms with Gasteiger partial charge in [0, 0.05) is 30.6 Å². The summed E-state index contributed by atoms with van der Waals surface area (Å²) in [5.41, 5.74) is 1.86. The first-order valence-electron chi connectivity index (χ1n) is 10.9. The molecule has 0 saturated carbocycles. The second-order valence-corrected chi connectivity index (χ2v) is 9.43. The molecule has 0 N–H and O–H groups in total. The monoisotopic (exact) mass is 437 g/mol. The van der Waals surface area contributed by atoms with Crippen molar-refractivity contribution in [1.82, 2.24) is 4.90 Å². The number of rotatable bonds is 2. The van der Waals surface area contributed by atoms with Gasteiger partial charge >= 0.3 is 6.09 Å². The zero-order valence-electron chi connectivity index (χ0n) is 18.7. The van der Waals surface area contributed by atoms with Crippen LogP contribution in [-0.4, -0.2) is 41.6 Å². The quantitative estimate of drug-likeness (QED) is 0.572. The van der Waals surface area contributed by atoms with E-state index in [1.54, 1.807) is 23.1 Å². The molecular formula is C26H28FNO4. The molecule has 2 aromatic rings. The van der Waals surface area contributed by atoms with Crippen molar-refractivity contribution in [3.63, 3.8) is 0 Å². The molecule has 2 heterocycles. The highest BCUT2D eigenvalue weighted by molar-refractivity contribution is 5.86. The maximum absolute atomic E-state index is 14.1. The molecule has 1 atom stereocenters. The van der Waals surface area contributed by atoms with E-state index in [2.05, 4.69) is 6.08 Å². The van der Waals surface area contributed by atoms with Gasteiger partial charge in [-0.25, -0.2) is 9.18 Å². The third-order valence-corrected chi connectivity index (χ3v) is 5.79. The fraction of sp³-hybridized carbons (Fsp3) is 0.385. The number of carbonyl (C=O) groups is 2. The van der Waals surface area contributed by atoms with Gasteiger partial charge in [-0.15, -0.1) is 0 Å². The smallest absolute Gasteiger partial charge is 0.410 e. The summed E-state index contributed by atoms with van der Waals surface area (Å²) >= 11 is 0. The minimum atomic E-state index is -0.611. The molecule has 1 spiro atoms. The molecule has 4 rings (SSSR count). The van der Waals surface area contributed by atoms with Gasteiger partial charge in [0.05, 0.1) is 0 Å². The van der Waals surface area contributed by atoms with Gasteiger partial charge in [-0.2, -0.15) is 0 Å². The van der Waals surface area contributed by atoms with Crippen molar-refractivity contribution >= 4 is 18.0 Å². The number of nitrogens with zero attached hydrogens (tertiary/aromatic N) is 1. The van der Waals surface area contributed by atoms with E-state index < -0.39 is 11.2 Å². The maximum atomic E-state index is 14.1. The first-order valence-corrected chi connectivity index (χ1v) is 10.9. The minimum absolute atomic E-state index is 0.318. The first kappa shape index (κ1) is 22.1. The summed E-state index contributed by atoms with van der Waals surface area (Å²) in [7, 11) is 0. The highest BCUT2D eigenvalue weighted by atomic mass is 19.1. The Morgan fingerprint density at radius 1 is 1.12 bits per heavy atom. The molecule has 0 aromatic heterocycles. The number of fused-ring (bicyclic) bond motifs is 1. The molecule has 2 aliphatic heterocycles. The topological polar surface area (TPSA) is 55.8 Å². The van der Waals surface area contributed by atoms with E-state index in [9.17, 15) is 14.0 Å². The Morgan fingerprint density at radius 3 is 2.56 bits per heavy atom. The van der Waals surface area contributed by atoms with Crippen LogP contribution in [0.15, 0.2) is 48.5 Å². The molecule has 2 aromatic carbocycles. The van der Waals surface area contributed by atoms with Gasteiger partial charge in [0.2, 0.25) is 0 Å². The molecule has 2 aliphatic rings. The Bertz CT molecular complexity index is 1050. The van der Waals surface area contributed by atoms with Crippen LogP contribution in [0.4, 0.5) is 9.18 Å². The van der Waals surface area contributed by atoms with Crippen molar-refractivity contribution in [2.24, 2.45) is 0 Å². The van der Waals surface area contributed by atoms with Crippen LogP contribution in [-0.2, 0) is 4.74 Å². The fourth-order valence-electron chi connectivity index (χ4n) is 4.26. The largest absolute Gasteiger partial charge is 0.482 e. The van der Waals surface area contributed by atoms with Crippen molar-refractivity contribution in [3.8, 4) is 5.75 Å². The summed E-state index contributed by atoms with van der Waals surface area (Å²) in [6.07, 6.45) is 4.61. The van der Waals surface area contributed by atoms with Gasteiger partial charge in [0.1, 0.15) is 29.1 Å². The number of hydrogen-bond acceptors (Lipinski definition) is 4. The third kappa shape index (κ3) is 4.69. The summed E-state index contributed by atoms with van der Waals surface area (Å²) < 4.78 is 26.1. The standard InChI is InChI=1S/C26H28FNO4/c1-25(2,3)32-24(30)28-13-4-11-26(12-14-28)16-22(19-7-5-18(17-29)6-8-19)21-15-20(27)9-10-23(21)31-26/h5-10,15-17H,4,11-14H2,1-3H3. The molecule has 0 aliphatic carbocycles. The Hall–Kier alpha value is -3.15. The number of hydrogen-bond donors (Lipinski definition) is 0. The second kappa shape index (κ2) is 8.41. The fourth-order valence-corrected chi connectivity index (χ4v) is 4.26. The zero-order chi connectivity index (χ0) is 22.9. The molecule has 32 heavy (non-hydrogen) atoms. The third-order valence-electron chi connectivity index (χ3n) is 5.79. The number of halogens is 1. The predicted molar refractivity (Wildman–Crippen MR) is 120 cm³/mol. The van der Waals surface area contributed by atoms with Crippen LogP contribution >= 0.6 is 0 Å². The lowest BCUT2D eigenvalue weighted by Crippen LogP contribution is -2.40. The van der Waals surface area contributed by atoms with Gasteiger partial charge in [-0.05, 0) is 69.0 Å². The van der Waals surface area contributed by atoms with Crippen LogP contribution < -0.4 is 4.74 Å². The van der Waals surface area contributed by atoms with Crippen LogP contribution in [0.5, 0.6) is 5.75 Å². The highest BCUT2D eigenvalue weighted by Crippen LogP contribution is 2.43. The average molecular weight is 438 g/mol. The number of carbonyl (C=O) groups excluding carboxylic acids is 2. The molecule has 5 nitrogen and oxygen atoms in total. The first-order chi connectivity index (χ1) is 15.2. The molecule has 1 unspecified atom stereocenters. The summed E-state index contributed by atoms with van der Waals surface area (Å²) in [4.78, 5) is 25.4. The lowest BCUT2D eigenvalue weighted by molar-refractivity contribution is 0.0243. The Kier molecular flexibility index (Phi) is 5.80. The summed E-state index contributed by atoms with van der Waals surface area (Å²) in [6, 6.07) is 11.8.